The van der Waals surface area contributed by atoms with Crippen LogP contribution in [0.25, 0.3) is 0 Å². The molecule has 2 N–H and O–H groups in total. The Morgan fingerprint density at radius 3 is 2.76 bits per heavy atom. The molecule has 0 aliphatic carbocycles. The summed E-state index contributed by atoms with van der Waals surface area (Å²) in [5, 5.41) is 5.82. The number of carbonyl (C=O) groups is 1. The highest BCUT2D eigenvalue weighted by Crippen LogP contribution is 2.36. The molecule has 21 heavy (non-hydrogen) atoms. The van der Waals surface area contributed by atoms with Gasteiger partial charge < -0.3 is 10.6 Å². The fraction of sp³-hybridized carbons (Fsp3) is 0.500. The van der Waals surface area contributed by atoms with Crippen molar-refractivity contribution in [1.29, 1.82) is 0 Å². The Morgan fingerprint density at radius 2 is 2.14 bits per heavy atom. The van der Waals surface area contributed by atoms with Gasteiger partial charge in [-0.2, -0.15) is 13.2 Å². The third kappa shape index (κ3) is 4.20. The standard InChI is InChI=1S/C14H16BrF3N2O/c1-8-6-9(4-5-19-8)13(21)20-10-2-3-12(15)11(7-10)14(16,17)18/h2-3,7-9,19H,4-6H2,1H3,(H,20,21). The number of piperidine rings is 1. The summed E-state index contributed by atoms with van der Waals surface area (Å²) in [4.78, 5) is 12.1. The lowest BCUT2D eigenvalue weighted by Gasteiger charge is -2.27. The molecule has 0 spiro atoms. The predicted octanol–water partition coefficient (Wildman–Crippen LogP) is 3.79. The number of rotatable bonds is 2. The van der Waals surface area contributed by atoms with E-state index in [1.54, 1.807) is 0 Å². The molecule has 0 aromatic heterocycles. The van der Waals surface area contributed by atoms with Crippen molar-refractivity contribution >= 4 is 27.5 Å². The number of anilines is 1. The maximum absolute atomic E-state index is 12.8. The maximum atomic E-state index is 12.8. The van der Waals surface area contributed by atoms with Crippen molar-refractivity contribution in [2.75, 3.05) is 11.9 Å². The van der Waals surface area contributed by atoms with Crippen LogP contribution >= 0.6 is 15.9 Å². The van der Waals surface area contributed by atoms with E-state index in [1.165, 1.54) is 12.1 Å². The lowest BCUT2D eigenvalue weighted by atomic mass is 9.92. The van der Waals surface area contributed by atoms with Gasteiger partial charge in [-0.1, -0.05) is 15.9 Å². The van der Waals surface area contributed by atoms with Crippen LogP contribution in [-0.2, 0) is 11.0 Å². The molecule has 1 aliphatic heterocycles. The number of nitrogens with one attached hydrogen (secondary N) is 2. The molecule has 1 heterocycles. The fourth-order valence-electron chi connectivity index (χ4n) is 2.43. The first-order valence-corrected chi connectivity index (χ1v) is 7.47. The first kappa shape index (κ1) is 16.3. The van der Waals surface area contributed by atoms with Crippen LogP contribution in [0.3, 0.4) is 0 Å². The number of benzene rings is 1. The molecule has 1 fully saturated rings. The number of hydrogen-bond acceptors (Lipinski definition) is 2. The number of hydrogen-bond donors (Lipinski definition) is 2. The van der Waals surface area contributed by atoms with Crippen molar-refractivity contribution in [3.63, 3.8) is 0 Å². The van der Waals surface area contributed by atoms with E-state index in [4.69, 9.17) is 0 Å². The molecular weight excluding hydrogens is 349 g/mol. The molecule has 1 saturated heterocycles. The highest BCUT2D eigenvalue weighted by Gasteiger charge is 2.33. The number of alkyl halides is 3. The summed E-state index contributed by atoms with van der Waals surface area (Å²) in [6.45, 7) is 2.73. The van der Waals surface area contributed by atoms with Gasteiger partial charge in [-0.05, 0) is 44.5 Å². The van der Waals surface area contributed by atoms with Crippen molar-refractivity contribution in [2.24, 2.45) is 5.92 Å². The van der Waals surface area contributed by atoms with E-state index in [-0.39, 0.29) is 28.0 Å². The van der Waals surface area contributed by atoms with Crippen LogP contribution < -0.4 is 10.6 Å². The second-order valence-electron chi connectivity index (χ2n) is 5.26. The highest BCUT2D eigenvalue weighted by molar-refractivity contribution is 9.10. The lowest BCUT2D eigenvalue weighted by molar-refractivity contribution is -0.138. The highest BCUT2D eigenvalue weighted by atomic mass is 79.9. The molecule has 7 heteroatoms. The molecule has 1 aliphatic rings. The number of carbonyl (C=O) groups excluding carboxylic acids is 1. The average Bonchev–Trinajstić information content (AvgIpc) is 2.39. The third-order valence-electron chi connectivity index (χ3n) is 3.53. The number of amides is 1. The summed E-state index contributed by atoms with van der Waals surface area (Å²) in [6, 6.07) is 3.95. The summed E-state index contributed by atoms with van der Waals surface area (Å²) in [6.07, 6.45) is -3.07. The van der Waals surface area contributed by atoms with E-state index in [0.717, 1.165) is 12.6 Å². The number of halogens is 4. The van der Waals surface area contributed by atoms with Crippen molar-refractivity contribution in [3.05, 3.63) is 28.2 Å². The van der Waals surface area contributed by atoms with Crippen molar-refractivity contribution in [1.82, 2.24) is 5.32 Å². The van der Waals surface area contributed by atoms with Crippen LogP contribution in [0.2, 0.25) is 0 Å². The molecule has 116 valence electrons. The first-order valence-electron chi connectivity index (χ1n) is 6.68. The summed E-state index contributed by atoms with van der Waals surface area (Å²) < 4.78 is 38.4. The van der Waals surface area contributed by atoms with Gasteiger partial charge in [0.1, 0.15) is 0 Å². The topological polar surface area (TPSA) is 41.1 Å². The molecule has 1 aromatic carbocycles. The molecule has 2 unspecified atom stereocenters. The second-order valence-corrected chi connectivity index (χ2v) is 6.11. The summed E-state index contributed by atoms with van der Waals surface area (Å²) in [7, 11) is 0. The van der Waals surface area contributed by atoms with Crippen LogP contribution in [0.15, 0.2) is 22.7 Å². The Balaban J connectivity index is 2.11. The quantitative estimate of drug-likeness (QED) is 0.837. The van der Waals surface area contributed by atoms with Gasteiger partial charge in [0.2, 0.25) is 5.91 Å². The van der Waals surface area contributed by atoms with E-state index in [9.17, 15) is 18.0 Å². The molecule has 0 bridgehead atoms. The largest absolute Gasteiger partial charge is 0.417 e. The van der Waals surface area contributed by atoms with Crippen molar-refractivity contribution < 1.29 is 18.0 Å². The first-order chi connectivity index (χ1) is 9.77. The van der Waals surface area contributed by atoms with E-state index < -0.39 is 11.7 Å². The fourth-order valence-corrected chi connectivity index (χ4v) is 2.91. The lowest BCUT2D eigenvalue weighted by Crippen LogP contribution is -2.40. The van der Waals surface area contributed by atoms with Gasteiger partial charge in [0.05, 0.1) is 5.56 Å². The van der Waals surface area contributed by atoms with Crippen LogP contribution in [0.4, 0.5) is 18.9 Å². The minimum atomic E-state index is -4.46. The zero-order valence-corrected chi connectivity index (χ0v) is 13.0. The zero-order chi connectivity index (χ0) is 15.6. The van der Waals surface area contributed by atoms with Gasteiger partial charge >= 0.3 is 6.18 Å². The second kappa shape index (κ2) is 6.36. The Hall–Kier alpha value is -1.08. The van der Waals surface area contributed by atoms with Crippen LogP contribution in [0.1, 0.15) is 25.3 Å². The van der Waals surface area contributed by atoms with Crippen molar-refractivity contribution in [2.45, 2.75) is 32.0 Å². The molecule has 1 amide bonds. The Bertz CT molecular complexity index is 533. The van der Waals surface area contributed by atoms with E-state index in [0.29, 0.717) is 12.8 Å². The molecular formula is C14H16BrF3N2O. The van der Waals surface area contributed by atoms with Crippen LogP contribution in [-0.4, -0.2) is 18.5 Å². The summed E-state index contributed by atoms with van der Waals surface area (Å²) in [5.74, 6) is -0.391. The van der Waals surface area contributed by atoms with Gasteiger partial charge in [-0.25, -0.2) is 0 Å². The monoisotopic (exact) mass is 364 g/mol. The van der Waals surface area contributed by atoms with Gasteiger partial charge in [-0.3, -0.25) is 4.79 Å². The summed E-state index contributed by atoms with van der Waals surface area (Å²) in [5.41, 5.74) is -0.624. The third-order valence-corrected chi connectivity index (χ3v) is 4.23. The predicted molar refractivity (Wildman–Crippen MR) is 78.0 cm³/mol. The molecule has 2 atom stereocenters. The Kier molecular flexibility index (Phi) is 4.93. The van der Waals surface area contributed by atoms with Gasteiger partial charge in [0, 0.05) is 22.1 Å². The molecule has 3 nitrogen and oxygen atoms in total. The zero-order valence-electron chi connectivity index (χ0n) is 11.4. The van der Waals surface area contributed by atoms with E-state index >= 15 is 0 Å². The van der Waals surface area contributed by atoms with Gasteiger partial charge in [-0.15, -0.1) is 0 Å². The van der Waals surface area contributed by atoms with E-state index in [1.807, 2.05) is 6.92 Å². The van der Waals surface area contributed by atoms with Gasteiger partial charge in [0.15, 0.2) is 0 Å². The average molecular weight is 365 g/mol. The minimum absolute atomic E-state index is 0.0384. The van der Waals surface area contributed by atoms with Crippen molar-refractivity contribution in [3.8, 4) is 0 Å². The normalized spacial score (nSPS) is 22.9. The minimum Gasteiger partial charge on any atom is -0.326 e. The maximum Gasteiger partial charge on any atom is 0.417 e. The Morgan fingerprint density at radius 1 is 1.43 bits per heavy atom. The molecule has 1 aromatic rings. The molecule has 0 radical (unpaired) electrons. The SMILES string of the molecule is CC1CC(C(=O)Nc2ccc(Br)c(C(F)(F)F)c2)CCN1. The molecule has 0 saturated carbocycles. The smallest absolute Gasteiger partial charge is 0.326 e. The molecule has 2 rings (SSSR count). The summed E-state index contributed by atoms with van der Waals surface area (Å²) >= 11 is 2.88. The van der Waals surface area contributed by atoms with Crippen LogP contribution in [0, 0.1) is 5.92 Å². The van der Waals surface area contributed by atoms with Gasteiger partial charge in [0.25, 0.3) is 0 Å². The Labute approximate surface area is 129 Å². The van der Waals surface area contributed by atoms with Crippen LogP contribution in [0.5, 0.6) is 0 Å². The van der Waals surface area contributed by atoms with E-state index in [2.05, 4.69) is 26.6 Å².